The summed E-state index contributed by atoms with van der Waals surface area (Å²) in [4.78, 5) is 0.328. The van der Waals surface area contributed by atoms with E-state index in [0.29, 0.717) is 10.7 Å². The third-order valence-electron chi connectivity index (χ3n) is 2.71. The molecular formula is C12H15N3O2S. The van der Waals surface area contributed by atoms with E-state index in [1.807, 2.05) is 0 Å². The van der Waals surface area contributed by atoms with Crippen molar-refractivity contribution in [3.63, 3.8) is 0 Å². The van der Waals surface area contributed by atoms with E-state index in [1.165, 1.54) is 0 Å². The highest BCUT2D eigenvalue weighted by molar-refractivity contribution is 7.92. The highest BCUT2D eigenvalue weighted by atomic mass is 32.2. The minimum absolute atomic E-state index is 0.328. The van der Waals surface area contributed by atoms with Crippen LogP contribution in [0.2, 0.25) is 0 Å². The SMILES string of the molecule is CC(C)S(=O)(=O)c1ccc(-c2cc(N)n[nH]2)cc1. The van der Waals surface area contributed by atoms with Gasteiger partial charge in [0.15, 0.2) is 9.84 Å². The number of hydrogen-bond acceptors (Lipinski definition) is 4. The van der Waals surface area contributed by atoms with Gasteiger partial charge in [0.05, 0.1) is 15.8 Å². The largest absolute Gasteiger partial charge is 0.382 e. The number of nitrogens with two attached hydrogens (primary N) is 1. The van der Waals surface area contributed by atoms with Gasteiger partial charge < -0.3 is 5.73 Å². The van der Waals surface area contributed by atoms with Gasteiger partial charge in [0.25, 0.3) is 0 Å². The number of hydrogen-bond donors (Lipinski definition) is 2. The van der Waals surface area contributed by atoms with Gasteiger partial charge in [-0.25, -0.2) is 8.42 Å². The van der Waals surface area contributed by atoms with E-state index in [2.05, 4.69) is 10.2 Å². The van der Waals surface area contributed by atoms with E-state index >= 15 is 0 Å². The molecule has 0 aliphatic carbocycles. The number of aromatic amines is 1. The normalized spacial score (nSPS) is 11.9. The Morgan fingerprint density at radius 3 is 2.28 bits per heavy atom. The van der Waals surface area contributed by atoms with E-state index in [9.17, 15) is 8.42 Å². The molecule has 0 aliphatic rings. The lowest BCUT2D eigenvalue weighted by Crippen LogP contribution is -2.13. The van der Waals surface area contributed by atoms with E-state index in [4.69, 9.17) is 5.73 Å². The van der Waals surface area contributed by atoms with Gasteiger partial charge in [-0.3, -0.25) is 5.10 Å². The van der Waals surface area contributed by atoms with Gasteiger partial charge in [-0.15, -0.1) is 0 Å². The summed E-state index contributed by atoms with van der Waals surface area (Å²) in [5.41, 5.74) is 7.13. The molecule has 0 spiro atoms. The van der Waals surface area contributed by atoms with E-state index in [0.717, 1.165) is 11.3 Å². The van der Waals surface area contributed by atoms with Gasteiger partial charge in [0.2, 0.25) is 0 Å². The molecule has 0 bridgehead atoms. The second kappa shape index (κ2) is 4.45. The number of nitrogens with one attached hydrogen (secondary N) is 1. The molecule has 0 atom stereocenters. The molecule has 1 aromatic carbocycles. The Hall–Kier alpha value is -1.82. The van der Waals surface area contributed by atoms with Crippen molar-refractivity contribution in [3.05, 3.63) is 30.3 Å². The first-order chi connectivity index (χ1) is 8.41. The molecule has 96 valence electrons. The summed E-state index contributed by atoms with van der Waals surface area (Å²) in [6, 6.07) is 8.37. The molecule has 2 aromatic rings. The second-order valence-corrected chi connectivity index (χ2v) is 6.83. The minimum Gasteiger partial charge on any atom is -0.382 e. The van der Waals surface area contributed by atoms with Gasteiger partial charge in [-0.2, -0.15) is 5.10 Å². The second-order valence-electron chi connectivity index (χ2n) is 4.32. The first-order valence-corrected chi connectivity index (χ1v) is 7.11. The van der Waals surface area contributed by atoms with Crippen LogP contribution < -0.4 is 5.73 Å². The van der Waals surface area contributed by atoms with Crippen LogP contribution in [0.1, 0.15) is 13.8 Å². The van der Waals surface area contributed by atoms with Crippen molar-refractivity contribution in [2.75, 3.05) is 5.73 Å². The Labute approximate surface area is 106 Å². The zero-order chi connectivity index (χ0) is 13.3. The van der Waals surface area contributed by atoms with Crippen LogP contribution in [0.5, 0.6) is 0 Å². The molecule has 0 fully saturated rings. The first kappa shape index (κ1) is 12.6. The van der Waals surface area contributed by atoms with Crippen LogP contribution in [0.15, 0.2) is 35.2 Å². The van der Waals surface area contributed by atoms with E-state index in [1.54, 1.807) is 44.2 Å². The quantitative estimate of drug-likeness (QED) is 0.886. The summed E-state index contributed by atoms with van der Waals surface area (Å²) in [6.45, 7) is 3.33. The number of benzene rings is 1. The van der Waals surface area contributed by atoms with Gasteiger partial charge >= 0.3 is 0 Å². The topological polar surface area (TPSA) is 88.8 Å². The lowest BCUT2D eigenvalue weighted by molar-refractivity contribution is 0.587. The van der Waals surface area contributed by atoms with E-state index in [-0.39, 0.29) is 0 Å². The molecule has 3 N–H and O–H groups in total. The number of aromatic nitrogens is 2. The van der Waals surface area contributed by atoms with Crippen molar-refractivity contribution in [2.45, 2.75) is 24.0 Å². The number of nitrogens with zero attached hydrogens (tertiary/aromatic N) is 1. The Morgan fingerprint density at radius 2 is 1.83 bits per heavy atom. The number of rotatable bonds is 3. The zero-order valence-electron chi connectivity index (χ0n) is 10.2. The van der Waals surface area contributed by atoms with Crippen LogP contribution in [-0.2, 0) is 9.84 Å². The Bertz CT molecular complexity index is 642. The predicted molar refractivity (Wildman–Crippen MR) is 70.8 cm³/mol. The van der Waals surface area contributed by atoms with Crippen LogP contribution in [0, 0.1) is 0 Å². The molecule has 0 aliphatic heterocycles. The number of sulfone groups is 1. The molecule has 5 nitrogen and oxygen atoms in total. The summed E-state index contributed by atoms with van der Waals surface area (Å²) >= 11 is 0. The fourth-order valence-electron chi connectivity index (χ4n) is 1.58. The number of H-pyrrole nitrogens is 1. The fraction of sp³-hybridized carbons (Fsp3) is 0.250. The standard InChI is InChI=1S/C12H15N3O2S/c1-8(2)18(16,17)10-5-3-9(4-6-10)11-7-12(13)15-14-11/h3-8H,1-2H3,(H3,13,14,15). The molecule has 0 saturated carbocycles. The average molecular weight is 265 g/mol. The summed E-state index contributed by atoms with van der Waals surface area (Å²) in [5, 5.41) is 6.18. The molecule has 6 heteroatoms. The molecule has 0 radical (unpaired) electrons. The summed E-state index contributed by atoms with van der Waals surface area (Å²) in [6.07, 6.45) is 0. The van der Waals surface area contributed by atoms with Crippen molar-refractivity contribution in [3.8, 4) is 11.3 Å². The highest BCUT2D eigenvalue weighted by Gasteiger charge is 2.18. The average Bonchev–Trinajstić information content (AvgIpc) is 2.76. The maximum Gasteiger partial charge on any atom is 0.180 e. The Balaban J connectivity index is 2.37. The van der Waals surface area contributed by atoms with Crippen molar-refractivity contribution in [2.24, 2.45) is 0 Å². The van der Waals surface area contributed by atoms with Crippen LogP contribution in [0.25, 0.3) is 11.3 Å². The number of nitrogen functional groups attached to an aromatic ring is 1. The molecule has 0 saturated heterocycles. The molecular weight excluding hydrogens is 250 g/mol. The van der Waals surface area contributed by atoms with Gasteiger partial charge in [0.1, 0.15) is 5.82 Å². The minimum atomic E-state index is -3.22. The lowest BCUT2D eigenvalue weighted by Gasteiger charge is -2.08. The Kier molecular flexibility index (Phi) is 3.13. The fourth-order valence-corrected chi connectivity index (χ4v) is 2.64. The van der Waals surface area contributed by atoms with Gasteiger partial charge in [0, 0.05) is 6.07 Å². The van der Waals surface area contributed by atoms with Crippen molar-refractivity contribution < 1.29 is 8.42 Å². The van der Waals surface area contributed by atoms with Crippen molar-refractivity contribution in [1.29, 1.82) is 0 Å². The highest BCUT2D eigenvalue weighted by Crippen LogP contribution is 2.22. The maximum atomic E-state index is 11.9. The maximum absolute atomic E-state index is 11.9. The first-order valence-electron chi connectivity index (χ1n) is 5.56. The lowest BCUT2D eigenvalue weighted by atomic mass is 10.1. The Morgan fingerprint density at radius 1 is 1.22 bits per heavy atom. The summed E-state index contributed by atoms with van der Waals surface area (Å²) in [7, 11) is -3.22. The monoisotopic (exact) mass is 265 g/mol. The zero-order valence-corrected chi connectivity index (χ0v) is 11.0. The molecule has 1 aromatic heterocycles. The van der Waals surface area contributed by atoms with Crippen LogP contribution in [0.3, 0.4) is 0 Å². The molecule has 1 heterocycles. The third kappa shape index (κ3) is 2.24. The smallest absolute Gasteiger partial charge is 0.180 e. The van der Waals surface area contributed by atoms with Crippen LogP contribution >= 0.6 is 0 Å². The van der Waals surface area contributed by atoms with Gasteiger partial charge in [-0.05, 0) is 31.5 Å². The van der Waals surface area contributed by atoms with Crippen LogP contribution in [0.4, 0.5) is 5.82 Å². The third-order valence-corrected chi connectivity index (χ3v) is 4.88. The molecule has 0 unspecified atom stereocenters. The van der Waals surface area contributed by atoms with Crippen molar-refractivity contribution >= 4 is 15.7 Å². The number of anilines is 1. The molecule has 0 amide bonds. The predicted octanol–water partition coefficient (Wildman–Crippen LogP) is 1.84. The summed E-state index contributed by atoms with van der Waals surface area (Å²) < 4.78 is 23.9. The van der Waals surface area contributed by atoms with Gasteiger partial charge in [-0.1, -0.05) is 12.1 Å². The molecule has 2 rings (SSSR count). The molecule has 18 heavy (non-hydrogen) atoms. The summed E-state index contributed by atoms with van der Waals surface area (Å²) in [5.74, 6) is 0.406. The van der Waals surface area contributed by atoms with Crippen LogP contribution in [-0.4, -0.2) is 23.9 Å². The van der Waals surface area contributed by atoms with E-state index < -0.39 is 15.1 Å². The van der Waals surface area contributed by atoms with Crippen molar-refractivity contribution in [1.82, 2.24) is 10.2 Å².